The number of hydrogen-bond donors (Lipinski definition) is 0. The van der Waals surface area contributed by atoms with Crippen molar-refractivity contribution < 1.29 is 9.47 Å². The molecule has 0 N–H and O–H groups in total. The molecule has 0 amide bonds. The third-order valence-corrected chi connectivity index (χ3v) is 3.65. The minimum Gasteiger partial charge on any atom is -0.382 e. The lowest BCUT2D eigenvalue weighted by Gasteiger charge is -2.16. The van der Waals surface area contributed by atoms with E-state index in [1.165, 1.54) is 18.4 Å². The first-order chi connectivity index (χ1) is 7.77. The smallest absolute Gasteiger partial charge is 0.0700 e. The van der Waals surface area contributed by atoms with Gasteiger partial charge in [0.15, 0.2) is 0 Å². The van der Waals surface area contributed by atoms with Crippen molar-refractivity contribution >= 4 is 15.9 Å². The van der Waals surface area contributed by atoms with Gasteiger partial charge in [0.05, 0.1) is 19.8 Å². The molecule has 0 heterocycles. The van der Waals surface area contributed by atoms with E-state index in [1.807, 2.05) is 0 Å². The van der Waals surface area contributed by atoms with E-state index in [4.69, 9.17) is 9.47 Å². The van der Waals surface area contributed by atoms with Crippen molar-refractivity contribution in [2.75, 3.05) is 26.9 Å². The van der Waals surface area contributed by atoms with Crippen molar-refractivity contribution in [3.8, 4) is 0 Å². The van der Waals surface area contributed by atoms with Crippen molar-refractivity contribution in [3.63, 3.8) is 0 Å². The van der Waals surface area contributed by atoms with E-state index in [0.717, 1.165) is 11.1 Å². The van der Waals surface area contributed by atoms with E-state index in [1.54, 1.807) is 7.11 Å². The predicted molar refractivity (Wildman–Crippen MR) is 67.7 cm³/mol. The number of hydrogen-bond acceptors (Lipinski definition) is 2. The molecule has 0 radical (unpaired) electrons. The third-order valence-electron chi connectivity index (χ3n) is 3.12. The van der Waals surface area contributed by atoms with Crippen LogP contribution in [0.2, 0.25) is 0 Å². The molecule has 1 aliphatic carbocycles. The molecule has 1 fully saturated rings. The molecule has 16 heavy (non-hydrogen) atoms. The lowest BCUT2D eigenvalue weighted by molar-refractivity contribution is 0.0591. The molecule has 0 aliphatic heterocycles. The summed E-state index contributed by atoms with van der Waals surface area (Å²) in [5.74, 6) is 0. The summed E-state index contributed by atoms with van der Waals surface area (Å²) in [6.07, 6.45) is 2.48. The number of methoxy groups -OCH3 is 1. The number of rotatable bonds is 6. The molecule has 88 valence electrons. The van der Waals surface area contributed by atoms with E-state index in [-0.39, 0.29) is 5.41 Å². The Balaban J connectivity index is 1.90. The molecule has 2 nitrogen and oxygen atoms in total. The molecular formula is C13H17BrO2. The minimum absolute atomic E-state index is 0.286. The fourth-order valence-electron chi connectivity index (χ4n) is 1.88. The SMILES string of the molecule is COCCOCC1(c2ccc(Br)cc2)CC1. The van der Waals surface area contributed by atoms with Gasteiger partial charge < -0.3 is 9.47 Å². The zero-order valence-electron chi connectivity index (χ0n) is 9.54. The Kier molecular flexibility index (Phi) is 4.00. The Bertz CT molecular complexity index is 330. The van der Waals surface area contributed by atoms with Gasteiger partial charge in [-0.1, -0.05) is 28.1 Å². The summed E-state index contributed by atoms with van der Waals surface area (Å²) in [6, 6.07) is 8.59. The van der Waals surface area contributed by atoms with Crippen LogP contribution in [0.4, 0.5) is 0 Å². The molecule has 0 bridgehead atoms. The highest BCUT2D eigenvalue weighted by atomic mass is 79.9. The Morgan fingerprint density at radius 1 is 1.19 bits per heavy atom. The third kappa shape index (κ3) is 2.84. The van der Waals surface area contributed by atoms with E-state index < -0.39 is 0 Å². The summed E-state index contributed by atoms with van der Waals surface area (Å²) in [7, 11) is 1.70. The van der Waals surface area contributed by atoms with E-state index in [2.05, 4.69) is 40.2 Å². The zero-order chi connectivity index (χ0) is 11.4. The van der Waals surface area contributed by atoms with Crippen molar-refractivity contribution in [2.45, 2.75) is 18.3 Å². The van der Waals surface area contributed by atoms with Gasteiger partial charge in [0.1, 0.15) is 0 Å². The topological polar surface area (TPSA) is 18.5 Å². The summed E-state index contributed by atoms with van der Waals surface area (Å²) in [5, 5.41) is 0. The standard InChI is InChI=1S/C13H17BrO2/c1-15-8-9-16-10-13(6-7-13)11-2-4-12(14)5-3-11/h2-5H,6-10H2,1H3. The van der Waals surface area contributed by atoms with Gasteiger partial charge in [-0.2, -0.15) is 0 Å². The molecule has 0 unspecified atom stereocenters. The average molecular weight is 285 g/mol. The lowest BCUT2D eigenvalue weighted by atomic mass is 9.97. The van der Waals surface area contributed by atoms with Crippen LogP contribution in [0, 0.1) is 0 Å². The fourth-order valence-corrected chi connectivity index (χ4v) is 2.14. The maximum atomic E-state index is 5.65. The van der Waals surface area contributed by atoms with E-state index in [9.17, 15) is 0 Å². The Morgan fingerprint density at radius 2 is 1.88 bits per heavy atom. The molecule has 1 aromatic carbocycles. The summed E-state index contributed by atoms with van der Waals surface area (Å²) in [6.45, 7) is 2.18. The van der Waals surface area contributed by atoms with Gasteiger partial charge in [0.25, 0.3) is 0 Å². The number of halogens is 1. The zero-order valence-corrected chi connectivity index (χ0v) is 11.1. The second-order valence-electron chi connectivity index (χ2n) is 4.33. The Morgan fingerprint density at radius 3 is 2.44 bits per heavy atom. The van der Waals surface area contributed by atoms with Crippen LogP contribution in [0.3, 0.4) is 0 Å². The molecule has 0 spiro atoms. The highest BCUT2D eigenvalue weighted by Crippen LogP contribution is 2.48. The number of benzene rings is 1. The van der Waals surface area contributed by atoms with Crippen molar-refractivity contribution in [2.24, 2.45) is 0 Å². The lowest BCUT2D eigenvalue weighted by Crippen LogP contribution is -2.17. The van der Waals surface area contributed by atoms with Gasteiger partial charge >= 0.3 is 0 Å². The molecular weight excluding hydrogens is 268 g/mol. The van der Waals surface area contributed by atoms with Crippen LogP contribution in [0.5, 0.6) is 0 Å². The predicted octanol–water partition coefficient (Wildman–Crippen LogP) is 3.14. The second-order valence-corrected chi connectivity index (χ2v) is 5.25. The fraction of sp³-hybridized carbons (Fsp3) is 0.538. The Labute approximate surface area is 105 Å². The largest absolute Gasteiger partial charge is 0.382 e. The van der Waals surface area contributed by atoms with E-state index >= 15 is 0 Å². The Hall–Kier alpha value is -0.380. The van der Waals surface area contributed by atoms with Gasteiger partial charge in [0, 0.05) is 17.0 Å². The van der Waals surface area contributed by atoms with Crippen molar-refractivity contribution in [1.82, 2.24) is 0 Å². The van der Waals surface area contributed by atoms with Crippen LogP contribution in [-0.2, 0) is 14.9 Å². The molecule has 2 rings (SSSR count). The molecule has 0 aromatic heterocycles. The van der Waals surface area contributed by atoms with Crippen molar-refractivity contribution in [3.05, 3.63) is 34.3 Å². The van der Waals surface area contributed by atoms with Gasteiger partial charge in [-0.25, -0.2) is 0 Å². The van der Waals surface area contributed by atoms with Crippen LogP contribution >= 0.6 is 15.9 Å². The second kappa shape index (κ2) is 5.30. The number of ether oxygens (including phenoxy) is 2. The van der Waals surface area contributed by atoms with E-state index in [0.29, 0.717) is 13.2 Å². The summed E-state index contributed by atoms with van der Waals surface area (Å²) in [5.41, 5.74) is 1.68. The summed E-state index contributed by atoms with van der Waals surface area (Å²) >= 11 is 3.46. The average Bonchev–Trinajstić information content (AvgIpc) is 3.07. The van der Waals surface area contributed by atoms with Gasteiger partial charge in [0.2, 0.25) is 0 Å². The maximum absolute atomic E-state index is 5.65. The van der Waals surface area contributed by atoms with Crippen LogP contribution in [0.15, 0.2) is 28.7 Å². The van der Waals surface area contributed by atoms with Crippen LogP contribution in [0.1, 0.15) is 18.4 Å². The van der Waals surface area contributed by atoms with Gasteiger partial charge in [-0.15, -0.1) is 0 Å². The summed E-state index contributed by atoms with van der Waals surface area (Å²) < 4.78 is 11.7. The molecule has 3 heteroatoms. The molecule has 1 aliphatic rings. The maximum Gasteiger partial charge on any atom is 0.0700 e. The first-order valence-corrected chi connectivity index (χ1v) is 6.39. The van der Waals surface area contributed by atoms with Crippen molar-refractivity contribution in [1.29, 1.82) is 0 Å². The summed E-state index contributed by atoms with van der Waals surface area (Å²) in [4.78, 5) is 0. The van der Waals surface area contributed by atoms with Crippen LogP contribution in [0.25, 0.3) is 0 Å². The van der Waals surface area contributed by atoms with Crippen LogP contribution < -0.4 is 0 Å². The van der Waals surface area contributed by atoms with Gasteiger partial charge in [-0.05, 0) is 30.5 Å². The molecule has 1 saturated carbocycles. The molecule has 0 atom stereocenters. The van der Waals surface area contributed by atoms with Gasteiger partial charge in [-0.3, -0.25) is 0 Å². The minimum atomic E-state index is 0.286. The monoisotopic (exact) mass is 284 g/mol. The first-order valence-electron chi connectivity index (χ1n) is 5.60. The highest BCUT2D eigenvalue weighted by molar-refractivity contribution is 9.10. The normalized spacial score (nSPS) is 17.4. The highest BCUT2D eigenvalue weighted by Gasteiger charge is 2.44. The molecule has 0 saturated heterocycles. The quantitative estimate of drug-likeness (QED) is 0.748. The first kappa shape index (κ1) is 12.1. The van der Waals surface area contributed by atoms with Crippen LogP contribution in [-0.4, -0.2) is 26.9 Å². The molecule has 1 aromatic rings.